The molecule has 10 heteroatoms. The van der Waals surface area contributed by atoms with Crippen molar-refractivity contribution in [3.05, 3.63) is 106 Å². The zero-order valence-corrected chi connectivity index (χ0v) is 21.3. The highest BCUT2D eigenvalue weighted by Crippen LogP contribution is 2.43. The molecule has 1 atom stereocenters. The zero-order chi connectivity index (χ0) is 25.2. The number of amides is 1. The summed E-state index contributed by atoms with van der Waals surface area (Å²) in [5.41, 5.74) is 3.16. The average Bonchev–Trinajstić information content (AvgIpc) is 3.46. The summed E-state index contributed by atoms with van der Waals surface area (Å²) < 4.78 is 0.647. The van der Waals surface area contributed by atoms with E-state index in [2.05, 4.69) is 15.2 Å². The molecular weight excluding hydrogens is 516 g/mol. The van der Waals surface area contributed by atoms with Crippen molar-refractivity contribution in [3.63, 3.8) is 0 Å². The molecule has 180 valence electrons. The summed E-state index contributed by atoms with van der Waals surface area (Å²) in [4.78, 5) is 31.8. The topological polar surface area (TPSA) is 96.3 Å². The van der Waals surface area contributed by atoms with Gasteiger partial charge in [-0.25, -0.2) is 0 Å². The third-order valence-electron chi connectivity index (χ3n) is 5.67. The van der Waals surface area contributed by atoms with Crippen LogP contribution in [-0.2, 0) is 15.3 Å². The van der Waals surface area contributed by atoms with Gasteiger partial charge in [-0.3, -0.25) is 19.5 Å². The van der Waals surface area contributed by atoms with E-state index >= 15 is 0 Å². The van der Waals surface area contributed by atoms with E-state index in [0.29, 0.717) is 26.2 Å². The Bertz CT molecular complexity index is 1450. The summed E-state index contributed by atoms with van der Waals surface area (Å²) in [5.74, 6) is -1.14. The van der Waals surface area contributed by atoms with E-state index in [1.807, 2.05) is 43.3 Å². The van der Waals surface area contributed by atoms with Crippen LogP contribution in [-0.4, -0.2) is 32.0 Å². The summed E-state index contributed by atoms with van der Waals surface area (Å²) in [6.45, 7) is 1.93. The molecule has 5 rings (SSSR count). The maximum Gasteiger partial charge on any atom is 0.301 e. The number of nitrogens with zero attached hydrogens (tertiary/aromatic N) is 4. The number of hydrogen-bond donors (Lipinski definition) is 1. The first-order valence-corrected chi connectivity index (χ1v) is 13.1. The van der Waals surface area contributed by atoms with Crippen LogP contribution in [0.3, 0.4) is 0 Å². The van der Waals surface area contributed by atoms with E-state index in [-0.39, 0.29) is 16.5 Å². The highest BCUT2D eigenvalue weighted by atomic mass is 35.5. The van der Waals surface area contributed by atoms with Crippen molar-refractivity contribution in [1.29, 1.82) is 0 Å². The van der Waals surface area contributed by atoms with E-state index in [9.17, 15) is 14.7 Å². The number of rotatable bonds is 6. The number of pyridine rings is 1. The molecule has 0 spiro atoms. The largest absolute Gasteiger partial charge is 0.507 e. The molecule has 1 N–H and O–H groups in total. The summed E-state index contributed by atoms with van der Waals surface area (Å²) in [6.07, 6.45) is 3.16. The molecule has 1 aliphatic rings. The van der Waals surface area contributed by atoms with E-state index in [0.717, 1.165) is 11.1 Å². The molecule has 0 radical (unpaired) electrons. The van der Waals surface area contributed by atoms with Crippen LogP contribution in [0.2, 0.25) is 5.02 Å². The van der Waals surface area contributed by atoms with E-state index < -0.39 is 17.7 Å². The smallest absolute Gasteiger partial charge is 0.301 e. The Morgan fingerprint density at radius 3 is 2.42 bits per heavy atom. The van der Waals surface area contributed by atoms with Crippen LogP contribution >= 0.6 is 34.7 Å². The molecule has 36 heavy (non-hydrogen) atoms. The Hall–Kier alpha value is -3.53. The van der Waals surface area contributed by atoms with Crippen LogP contribution in [0, 0.1) is 6.92 Å². The van der Waals surface area contributed by atoms with Gasteiger partial charge in [-0.15, -0.1) is 10.2 Å². The van der Waals surface area contributed by atoms with Gasteiger partial charge in [-0.1, -0.05) is 76.7 Å². The number of aliphatic hydroxyl groups excluding tert-OH is 1. The van der Waals surface area contributed by atoms with E-state index in [1.54, 1.807) is 36.7 Å². The van der Waals surface area contributed by atoms with E-state index in [4.69, 9.17) is 11.6 Å². The van der Waals surface area contributed by atoms with Crippen LogP contribution in [0.1, 0.15) is 28.3 Å². The molecule has 3 heterocycles. The quantitative estimate of drug-likeness (QED) is 0.109. The maximum atomic E-state index is 13.2. The van der Waals surface area contributed by atoms with E-state index in [1.165, 1.54) is 28.0 Å². The first-order valence-electron chi connectivity index (χ1n) is 10.9. The van der Waals surface area contributed by atoms with Crippen molar-refractivity contribution < 1.29 is 14.7 Å². The molecule has 1 fully saturated rings. The number of aryl methyl sites for hydroxylation is 1. The van der Waals surface area contributed by atoms with Gasteiger partial charge in [0.15, 0.2) is 4.34 Å². The summed E-state index contributed by atoms with van der Waals surface area (Å²) >= 11 is 8.64. The Morgan fingerprint density at radius 1 is 1.03 bits per heavy atom. The molecule has 2 aromatic carbocycles. The predicted octanol–water partition coefficient (Wildman–Crippen LogP) is 5.81. The monoisotopic (exact) mass is 534 g/mol. The second kappa shape index (κ2) is 10.2. The maximum absolute atomic E-state index is 13.2. The Balaban J connectivity index is 1.51. The molecule has 1 saturated heterocycles. The number of thioether (sulfide) groups is 1. The van der Waals surface area contributed by atoms with Crippen LogP contribution in [0.25, 0.3) is 5.76 Å². The highest BCUT2D eigenvalue weighted by Gasteiger charge is 2.48. The van der Waals surface area contributed by atoms with Crippen molar-refractivity contribution in [3.8, 4) is 0 Å². The molecule has 4 aromatic rings. The van der Waals surface area contributed by atoms with Gasteiger partial charge in [-0.2, -0.15) is 0 Å². The number of aromatic nitrogens is 3. The summed E-state index contributed by atoms with van der Waals surface area (Å²) in [7, 11) is 0. The standard InChI is InChI=1S/C26H19ClN4O3S2/c1-15-2-6-18(7-3-15)22(32)20-21(17-10-12-28-13-11-17)31(24(34)23(20)33)25-29-30-26(36-25)35-14-16-4-8-19(27)9-5-16/h2-13,21,32H,14H2,1H3/b22-20-. The second-order valence-electron chi connectivity index (χ2n) is 8.08. The van der Waals surface area contributed by atoms with Gasteiger partial charge in [0.2, 0.25) is 5.13 Å². The highest BCUT2D eigenvalue weighted by molar-refractivity contribution is 8.00. The lowest BCUT2D eigenvalue weighted by Gasteiger charge is -2.22. The third-order valence-corrected chi connectivity index (χ3v) is 8.05. The molecule has 0 saturated carbocycles. The molecule has 1 aliphatic heterocycles. The number of anilines is 1. The van der Waals surface area contributed by atoms with Gasteiger partial charge >= 0.3 is 5.91 Å². The van der Waals surface area contributed by atoms with Crippen LogP contribution in [0.4, 0.5) is 5.13 Å². The lowest BCUT2D eigenvalue weighted by molar-refractivity contribution is -0.132. The normalized spacial score (nSPS) is 17.1. The first-order chi connectivity index (χ1) is 17.4. The number of carbonyl (C=O) groups excluding carboxylic acids is 2. The zero-order valence-electron chi connectivity index (χ0n) is 19.0. The van der Waals surface area contributed by atoms with Crippen LogP contribution in [0.5, 0.6) is 0 Å². The second-order valence-corrected chi connectivity index (χ2v) is 10.7. The minimum atomic E-state index is -0.864. The Kier molecular flexibility index (Phi) is 6.86. The number of aliphatic hydroxyl groups is 1. The van der Waals surface area contributed by atoms with Gasteiger partial charge < -0.3 is 5.11 Å². The number of Topliss-reactive ketones (excluding diaryl/α,β-unsaturated/α-hetero) is 1. The molecule has 0 bridgehead atoms. The number of carbonyl (C=O) groups is 2. The predicted molar refractivity (Wildman–Crippen MR) is 141 cm³/mol. The fraction of sp³-hybridized carbons (Fsp3) is 0.115. The molecule has 2 aromatic heterocycles. The van der Waals surface area contributed by atoms with Gasteiger partial charge in [0.05, 0.1) is 11.6 Å². The van der Waals surface area contributed by atoms with Crippen molar-refractivity contribution in [2.45, 2.75) is 23.1 Å². The van der Waals surface area contributed by atoms with Crippen molar-refractivity contribution in [1.82, 2.24) is 15.2 Å². The number of halogens is 1. The molecule has 7 nitrogen and oxygen atoms in total. The number of hydrogen-bond acceptors (Lipinski definition) is 8. The lowest BCUT2D eigenvalue weighted by Crippen LogP contribution is -2.29. The summed E-state index contributed by atoms with van der Waals surface area (Å²) in [6, 6.07) is 17.2. The third kappa shape index (κ3) is 4.77. The fourth-order valence-electron chi connectivity index (χ4n) is 3.84. The Labute approximate surface area is 220 Å². The number of ketones is 1. The molecule has 0 aliphatic carbocycles. The Morgan fingerprint density at radius 2 is 1.72 bits per heavy atom. The van der Waals surface area contributed by atoms with Crippen molar-refractivity contribution in [2.24, 2.45) is 0 Å². The number of benzene rings is 2. The van der Waals surface area contributed by atoms with Gasteiger partial charge in [0, 0.05) is 28.7 Å². The van der Waals surface area contributed by atoms with Crippen LogP contribution in [0.15, 0.2) is 83.0 Å². The average molecular weight is 535 g/mol. The lowest BCUT2D eigenvalue weighted by atomic mass is 9.96. The van der Waals surface area contributed by atoms with Gasteiger partial charge in [0.1, 0.15) is 5.76 Å². The summed E-state index contributed by atoms with van der Waals surface area (Å²) in [5, 5.41) is 20.5. The van der Waals surface area contributed by atoms with Crippen molar-refractivity contribution >= 4 is 57.3 Å². The molecular formula is C26H19ClN4O3S2. The van der Waals surface area contributed by atoms with Gasteiger partial charge in [-0.05, 0) is 42.3 Å². The van der Waals surface area contributed by atoms with Crippen LogP contribution < -0.4 is 4.90 Å². The minimum absolute atomic E-state index is 0.000574. The molecule has 1 amide bonds. The fourth-order valence-corrected chi connectivity index (χ4v) is 5.79. The van der Waals surface area contributed by atoms with Gasteiger partial charge in [0.25, 0.3) is 5.78 Å². The molecule has 1 unspecified atom stereocenters. The SMILES string of the molecule is Cc1ccc(/C(O)=C2/C(=O)C(=O)N(c3nnc(SCc4ccc(Cl)cc4)s3)C2c2ccncc2)cc1. The minimum Gasteiger partial charge on any atom is -0.507 e. The first kappa shape index (κ1) is 24.2. The van der Waals surface area contributed by atoms with Crippen molar-refractivity contribution in [2.75, 3.05) is 4.90 Å².